The number of aromatic nitrogens is 2. The zero-order valence-corrected chi connectivity index (χ0v) is 19.6. The quantitative estimate of drug-likeness (QED) is 0.277. The molecule has 4 rings (SSSR count). The molecule has 4 aromatic rings. The van der Waals surface area contributed by atoms with Crippen LogP contribution < -0.4 is 4.74 Å². The largest absolute Gasteiger partial charge is 0.497 e. The van der Waals surface area contributed by atoms with Crippen LogP contribution in [0.15, 0.2) is 72.9 Å². The van der Waals surface area contributed by atoms with Crippen molar-refractivity contribution in [2.75, 3.05) is 7.11 Å². The van der Waals surface area contributed by atoms with Gasteiger partial charge in [-0.3, -0.25) is 0 Å². The molecule has 0 spiro atoms. The number of hydrogen-bond donors (Lipinski definition) is 0. The van der Waals surface area contributed by atoms with Gasteiger partial charge < -0.3 is 9.30 Å². The number of hydrogen-bond acceptors (Lipinski definition) is 2. The van der Waals surface area contributed by atoms with Crippen molar-refractivity contribution in [1.82, 2.24) is 9.55 Å². The highest BCUT2D eigenvalue weighted by atomic mass is 35.5. The molecule has 3 nitrogen and oxygen atoms in total. The number of halogens is 2. The molecule has 5 heteroatoms. The van der Waals surface area contributed by atoms with Crippen molar-refractivity contribution in [1.29, 1.82) is 0 Å². The third-order valence-electron chi connectivity index (χ3n) is 5.24. The number of methoxy groups -OCH3 is 1. The average Bonchev–Trinajstić information content (AvgIpc) is 3.21. The van der Waals surface area contributed by atoms with Gasteiger partial charge in [-0.15, -0.1) is 0 Å². The van der Waals surface area contributed by atoms with Crippen LogP contribution in [0.25, 0.3) is 34.5 Å². The molecular weight excluding hydrogens is 439 g/mol. The van der Waals surface area contributed by atoms with Crippen molar-refractivity contribution in [3.05, 3.63) is 94.4 Å². The summed E-state index contributed by atoms with van der Waals surface area (Å²) < 4.78 is 7.39. The van der Waals surface area contributed by atoms with Gasteiger partial charge in [0.25, 0.3) is 0 Å². The van der Waals surface area contributed by atoms with Gasteiger partial charge in [0.15, 0.2) is 0 Å². The Hall–Kier alpha value is -3.01. The SMILES string of the molecule is CCCn1cc(-c2ccc(Cl)cc2Cl)nc1/C=C/c1ccc(-c2ccc(OC)cc2)cc1. The third kappa shape index (κ3) is 5.07. The maximum Gasteiger partial charge on any atom is 0.133 e. The van der Waals surface area contributed by atoms with Crippen LogP contribution in [0.5, 0.6) is 5.75 Å². The van der Waals surface area contributed by atoms with Crippen LogP contribution in [0.1, 0.15) is 24.7 Å². The zero-order valence-electron chi connectivity index (χ0n) is 18.1. The van der Waals surface area contributed by atoms with E-state index in [0.29, 0.717) is 10.0 Å². The summed E-state index contributed by atoms with van der Waals surface area (Å²) in [7, 11) is 1.68. The minimum atomic E-state index is 0.600. The summed E-state index contributed by atoms with van der Waals surface area (Å²) >= 11 is 12.4. The summed E-state index contributed by atoms with van der Waals surface area (Å²) in [6, 6.07) is 22.0. The van der Waals surface area contributed by atoms with Crippen molar-refractivity contribution in [2.45, 2.75) is 19.9 Å². The number of nitrogens with zero attached hydrogens (tertiary/aromatic N) is 2. The van der Waals surface area contributed by atoms with Gasteiger partial charge in [0.2, 0.25) is 0 Å². The van der Waals surface area contributed by atoms with E-state index in [4.69, 9.17) is 32.9 Å². The minimum absolute atomic E-state index is 0.600. The van der Waals surface area contributed by atoms with Crippen molar-refractivity contribution >= 4 is 35.4 Å². The molecule has 0 atom stereocenters. The topological polar surface area (TPSA) is 27.1 Å². The Bertz CT molecular complexity index is 1230. The molecule has 0 aliphatic carbocycles. The Morgan fingerprint density at radius 3 is 2.22 bits per heavy atom. The number of aryl methyl sites for hydroxylation is 1. The molecule has 162 valence electrons. The molecule has 32 heavy (non-hydrogen) atoms. The van der Waals surface area contributed by atoms with Crippen molar-refractivity contribution in [3.63, 3.8) is 0 Å². The Balaban J connectivity index is 1.57. The van der Waals surface area contributed by atoms with Gasteiger partial charge >= 0.3 is 0 Å². The van der Waals surface area contributed by atoms with E-state index in [1.807, 2.05) is 36.5 Å². The summed E-state index contributed by atoms with van der Waals surface area (Å²) in [5.74, 6) is 1.75. The highest BCUT2D eigenvalue weighted by molar-refractivity contribution is 6.36. The highest BCUT2D eigenvalue weighted by Crippen LogP contribution is 2.30. The molecule has 0 aliphatic heterocycles. The van der Waals surface area contributed by atoms with E-state index < -0.39 is 0 Å². The van der Waals surface area contributed by atoms with Gasteiger partial charge in [-0.25, -0.2) is 4.98 Å². The third-order valence-corrected chi connectivity index (χ3v) is 5.79. The maximum absolute atomic E-state index is 6.40. The second-order valence-electron chi connectivity index (χ2n) is 7.49. The second kappa shape index (κ2) is 10.1. The Morgan fingerprint density at radius 1 is 0.906 bits per heavy atom. The lowest BCUT2D eigenvalue weighted by molar-refractivity contribution is 0.415. The van der Waals surface area contributed by atoms with Crippen LogP contribution in [-0.4, -0.2) is 16.7 Å². The van der Waals surface area contributed by atoms with Gasteiger partial charge in [0, 0.05) is 23.3 Å². The molecule has 1 heterocycles. The van der Waals surface area contributed by atoms with E-state index >= 15 is 0 Å². The van der Waals surface area contributed by atoms with Gasteiger partial charge in [-0.05, 0) is 59.5 Å². The second-order valence-corrected chi connectivity index (χ2v) is 8.33. The van der Waals surface area contributed by atoms with E-state index in [1.54, 1.807) is 13.2 Å². The summed E-state index contributed by atoms with van der Waals surface area (Å²) in [4.78, 5) is 4.82. The summed E-state index contributed by atoms with van der Waals surface area (Å²) in [5.41, 5.74) is 5.15. The molecule has 3 aromatic carbocycles. The van der Waals surface area contributed by atoms with Gasteiger partial charge in [-0.1, -0.05) is 72.6 Å². The Morgan fingerprint density at radius 2 is 1.59 bits per heavy atom. The van der Waals surface area contributed by atoms with E-state index in [-0.39, 0.29) is 0 Å². The molecule has 0 radical (unpaired) electrons. The number of benzene rings is 3. The van der Waals surface area contributed by atoms with Crippen LogP contribution in [0, 0.1) is 0 Å². The Kier molecular flexibility index (Phi) is 6.99. The first kappa shape index (κ1) is 22.2. The normalized spacial score (nSPS) is 11.2. The number of ether oxygens (including phenoxy) is 1. The molecule has 1 aromatic heterocycles. The van der Waals surface area contributed by atoms with Crippen LogP contribution in [0.3, 0.4) is 0 Å². The first-order chi connectivity index (χ1) is 15.6. The predicted octanol–water partition coefficient (Wildman–Crippen LogP) is 8.11. The summed E-state index contributed by atoms with van der Waals surface area (Å²) in [5, 5.41) is 1.22. The van der Waals surface area contributed by atoms with Crippen LogP contribution in [0.2, 0.25) is 10.0 Å². The fourth-order valence-electron chi connectivity index (χ4n) is 3.55. The fourth-order valence-corrected chi connectivity index (χ4v) is 4.06. The van der Waals surface area contributed by atoms with Crippen molar-refractivity contribution < 1.29 is 4.74 Å². The Labute approximate surface area is 198 Å². The number of imidazole rings is 1. The lowest BCUT2D eigenvalue weighted by atomic mass is 10.0. The zero-order chi connectivity index (χ0) is 22.5. The van der Waals surface area contributed by atoms with E-state index in [2.05, 4.69) is 54.0 Å². The van der Waals surface area contributed by atoms with E-state index in [9.17, 15) is 0 Å². The smallest absolute Gasteiger partial charge is 0.133 e. The first-order valence-electron chi connectivity index (χ1n) is 10.5. The molecule has 0 N–H and O–H groups in total. The van der Waals surface area contributed by atoms with E-state index in [1.165, 1.54) is 0 Å². The lowest BCUT2D eigenvalue weighted by Crippen LogP contribution is -1.97. The minimum Gasteiger partial charge on any atom is -0.497 e. The lowest BCUT2D eigenvalue weighted by Gasteiger charge is -2.04. The molecule has 0 aliphatic rings. The molecule has 0 unspecified atom stereocenters. The van der Waals surface area contributed by atoms with E-state index in [0.717, 1.165) is 52.5 Å². The molecule has 0 amide bonds. The van der Waals surface area contributed by atoms with Crippen molar-refractivity contribution in [2.24, 2.45) is 0 Å². The van der Waals surface area contributed by atoms with Crippen LogP contribution in [-0.2, 0) is 6.54 Å². The van der Waals surface area contributed by atoms with Gasteiger partial charge in [0.1, 0.15) is 11.6 Å². The van der Waals surface area contributed by atoms with Crippen LogP contribution >= 0.6 is 23.2 Å². The molecule has 0 fully saturated rings. The molecule has 0 bridgehead atoms. The molecule has 0 saturated carbocycles. The standard InChI is InChI=1S/C27H24Cl2N2O/c1-3-16-31-18-26(24-14-11-22(28)17-25(24)29)30-27(31)15-6-19-4-7-20(8-5-19)21-9-12-23(32-2)13-10-21/h4-15,17-18H,3,16H2,1-2H3/b15-6+. The van der Waals surface area contributed by atoms with Crippen molar-refractivity contribution in [3.8, 4) is 28.1 Å². The van der Waals surface area contributed by atoms with Gasteiger partial charge in [0.05, 0.1) is 17.8 Å². The number of rotatable bonds is 7. The van der Waals surface area contributed by atoms with Crippen LogP contribution in [0.4, 0.5) is 0 Å². The predicted molar refractivity (Wildman–Crippen MR) is 135 cm³/mol. The maximum atomic E-state index is 6.40. The average molecular weight is 463 g/mol. The highest BCUT2D eigenvalue weighted by Gasteiger charge is 2.11. The molecule has 0 saturated heterocycles. The monoisotopic (exact) mass is 462 g/mol. The van der Waals surface area contributed by atoms with Gasteiger partial charge in [-0.2, -0.15) is 0 Å². The summed E-state index contributed by atoms with van der Waals surface area (Å²) in [6.07, 6.45) is 7.19. The fraction of sp³-hybridized carbons (Fsp3) is 0.148. The first-order valence-corrected chi connectivity index (χ1v) is 11.3. The summed E-state index contributed by atoms with van der Waals surface area (Å²) in [6.45, 7) is 3.04. The molecular formula is C27H24Cl2N2O.